The van der Waals surface area contributed by atoms with Crippen molar-refractivity contribution in [1.82, 2.24) is 5.32 Å². The Kier molecular flexibility index (Phi) is 6.59. The Bertz CT molecular complexity index is 1160. The SMILES string of the molecule is N#Cc1ccc(C(O)C(O)CCNC(=O)OCC2c3ccccc3-c3ccccc32)cc1O. The predicted molar refractivity (Wildman–Crippen MR) is 121 cm³/mol. The minimum atomic E-state index is -1.27. The Morgan fingerprint density at radius 1 is 1.03 bits per heavy atom. The summed E-state index contributed by atoms with van der Waals surface area (Å²) in [4.78, 5) is 12.2. The van der Waals surface area contributed by atoms with E-state index < -0.39 is 18.3 Å². The number of ether oxygens (including phenoxy) is 1. The highest BCUT2D eigenvalue weighted by Crippen LogP contribution is 2.44. The molecule has 0 aromatic heterocycles. The molecule has 2 atom stereocenters. The van der Waals surface area contributed by atoms with Crippen molar-refractivity contribution in [3.05, 3.63) is 89.0 Å². The van der Waals surface area contributed by atoms with Gasteiger partial charge in [-0.05, 0) is 46.4 Å². The van der Waals surface area contributed by atoms with Gasteiger partial charge in [0.05, 0.1) is 11.7 Å². The molecule has 168 valence electrons. The molecule has 0 fully saturated rings. The highest BCUT2D eigenvalue weighted by atomic mass is 16.5. The molecule has 0 saturated carbocycles. The lowest BCUT2D eigenvalue weighted by molar-refractivity contribution is 0.0136. The number of hydrogen-bond acceptors (Lipinski definition) is 6. The molecule has 4 N–H and O–H groups in total. The lowest BCUT2D eigenvalue weighted by Gasteiger charge is -2.19. The molecule has 7 nitrogen and oxygen atoms in total. The number of nitrogens with one attached hydrogen (secondary N) is 1. The standard InChI is InChI=1S/C26H24N2O5/c27-14-17-10-9-16(13-24(17)30)25(31)23(29)11-12-28-26(32)33-15-22-20-7-3-1-5-18(20)19-6-2-4-8-21(19)22/h1-10,13,22-23,25,29-31H,11-12,15H2,(H,28,32). The summed E-state index contributed by atoms with van der Waals surface area (Å²) in [5.74, 6) is -0.308. The third-order valence-electron chi connectivity index (χ3n) is 5.90. The molecule has 1 aliphatic rings. The lowest BCUT2D eigenvalue weighted by Crippen LogP contribution is -2.30. The maximum Gasteiger partial charge on any atom is 0.407 e. The molecule has 1 aliphatic carbocycles. The van der Waals surface area contributed by atoms with Crippen LogP contribution in [0.3, 0.4) is 0 Å². The van der Waals surface area contributed by atoms with Crippen molar-refractivity contribution in [1.29, 1.82) is 5.26 Å². The molecule has 2 unspecified atom stereocenters. The minimum Gasteiger partial charge on any atom is -0.507 e. The van der Waals surface area contributed by atoms with Gasteiger partial charge in [0.15, 0.2) is 0 Å². The van der Waals surface area contributed by atoms with Gasteiger partial charge in [-0.3, -0.25) is 0 Å². The van der Waals surface area contributed by atoms with Gasteiger partial charge in [0, 0.05) is 12.5 Å². The van der Waals surface area contributed by atoms with E-state index in [1.54, 1.807) is 0 Å². The molecule has 0 spiro atoms. The van der Waals surface area contributed by atoms with Crippen LogP contribution < -0.4 is 5.32 Å². The summed E-state index contributed by atoms with van der Waals surface area (Å²) in [6.45, 7) is 0.284. The number of aromatic hydroxyl groups is 1. The maximum atomic E-state index is 12.2. The van der Waals surface area contributed by atoms with Gasteiger partial charge in [-0.15, -0.1) is 0 Å². The zero-order valence-corrected chi connectivity index (χ0v) is 17.8. The summed E-state index contributed by atoms with van der Waals surface area (Å²) in [6, 6.07) is 22.0. The summed E-state index contributed by atoms with van der Waals surface area (Å²) in [5, 5.41) is 41.7. The molecule has 33 heavy (non-hydrogen) atoms. The Balaban J connectivity index is 1.28. The number of carbonyl (C=O) groups excluding carboxylic acids is 1. The van der Waals surface area contributed by atoms with E-state index in [0.29, 0.717) is 0 Å². The average molecular weight is 444 g/mol. The molecule has 0 saturated heterocycles. The first-order valence-corrected chi connectivity index (χ1v) is 10.7. The van der Waals surface area contributed by atoms with Crippen molar-refractivity contribution in [3.8, 4) is 22.9 Å². The number of carbonyl (C=O) groups is 1. The highest BCUT2D eigenvalue weighted by molar-refractivity contribution is 5.79. The first-order valence-electron chi connectivity index (χ1n) is 10.7. The van der Waals surface area contributed by atoms with Crippen LogP contribution in [-0.4, -0.2) is 40.7 Å². The number of nitrogens with zero attached hydrogens (tertiary/aromatic N) is 1. The maximum absolute atomic E-state index is 12.2. The van der Waals surface area contributed by atoms with Crippen LogP contribution in [-0.2, 0) is 4.74 Å². The largest absolute Gasteiger partial charge is 0.507 e. The number of aliphatic hydroxyl groups is 2. The van der Waals surface area contributed by atoms with Crippen molar-refractivity contribution in [2.75, 3.05) is 13.2 Å². The number of nitriles is 1. The van der Waals surface area contributed by atoms with Crippen molar-refractivity contribution < 1.29 is 24.9 Å². The zero-order chi connectivity index (χ0) is 23.4. The van der Waals surface area contributed by atoms with E-state index in [2.05, 4.69) is 17.4 Å². The molecule has 3 aromatic carbocycles. The Hall–Kier alpha value is -3.86. The van der Waals surface area contributed by atoms with Crippen LogP contribution >= 0.6 is 0 Å². The Labute approximate surface area is 191 Å². The Morgan fingerprint density at radius 3 is 2.27 bits per heavy atom. The fraction of sp³-hybridized carbons (Fsp3) is 0.231. The van der Waals surface area contributed by atoms with Gasteiger partial charge < -0.3 is 25.4 Å². The molecule has 4 rings (SSSR count). The Morgan fingerprint density at radius 2 is 1.67 bits per heavy atom. The number of aliphatic hydroxyl groups excluding tert-OH is 2. The summed E-state index contributed by atoms with van der Waals surface area (Å²) in [7, 11) is 0. The van der Waals surface area contributed by atoms with E-state index in [-0.39, 0.29) is 42.4 Å². The van der Waals surface area contributed by atoms with Gasteiger partial charge in [0.25, 0.3) is 0 Å². The van der Waals surface area contributed by atoms with Gasteiger partial charge >= 0.3 is 6.09 Å². The number of alkyl carbamates (subject to hydrolysis) is 1. The molecular weight excluding hydrogens is 420 g/mol. The van der Waals surface area contributed by atoms with E-state index in [4.69, 9.17) is 10.00 Å². The van der Waals surface area contributed by atoms with Crippen LogP contribution in [0.4, 0.5) is 4.79 Å². The lowest BCUT2D eigenvalue weighted by atomic mass is 9.98. The van der Waals surface area contributed by atoms with Crippen LogP contribution in [0.1, 0.15) is 40.7 Å². The molecular formula is C26H24N2O5. The first kappa shape index (κ1) is 22.3. The smallest absolute Gasteiger partial charge is 0.407 e. The highest BCUT2D eigenvalue weighted by Gasteiger charge is 2.29. The number of amides is 1. The number of phenols is 1. The van der Waals surface area contributed by atoms with Gasteiger partial charge in [-0.25, -0.2) is 4.79 Å². The fourth-order valence-corrected chi connectivity index (χ4v) is 4.18. The second-order valence-corrected chi connectivity index (χ2v) is 7.94. The van der Waals surface area contributed by atoms with E-state index in [1.807, 2.05) is 42.5 Å². The normalized spacial score (nSPS) is 14.0. The first-order chi connectivity index (χ1) is 16.0. The third-order valence-corrected chi connectivity index (χ3v) is 5.90. The van der Waals surface area contributed by atoms with Crippen molar-refractivity contribution >= 4 is 6.09 Å². The van der Waals surface area contributed by atoms with Crippen molar-refractivity contribution in [2.45, 2.75) is 24.5 Å². The fourth-order valence-electron chi connectivity index (χ4n) is 4.18. The summed E-state index contributed by atoms with van der Waals surface area (Å²) < 4.78 is 5.45. The van der Waals surface area contributed by atoms with E-state index in [0.717, 1.165) is 22.3 Å². The molecule has 0 bridgehead atoms. The second-order valence-electron chi connectivity index (χ2n) is 7.94. The van der Waals surface area contributed by atoms with E-state index in [1.165, 1.54) is 18.2 Å². The van der Waals surface area contributed by atoms with Crippen molar-refractivity contribution in [2.24, 2.45) is 0 Å². The minimum absolute atomic E-state index is 0.0420. The molecule has 7 heteroatoms. The number of fused-ring (bicyclic) bond motifs is 3. The van der Waals surface area contributed by atoms with Gasteiger partial charge in [0.1, 0.15) is 24.5 Å². The van der Waals surface area contributed by atoms with Crippen LogP contribution in [0.2, 0.25) is 0 Å². The predicted octanol–water partition coefficient (Wildman–Crippen LogP) is 3.59. The quantitative estimate of drug-likeness (QED) is 0.442. The monoisotopic (exact) mass is 444 g/mol. The zero-order valence-electron chi connectivity index (χ0n) is 17.8. The number of phenolic OH excluding ortho intramolecular Hbond substituents is 1. The van der Waals surface area contributed by atoms with E-state index >= 15 is 0 Å². The van der Waals surface area contributed by atoms with Crippen molar-refractivity contribution in [3.63, 3.8) is 0 Å². The van der Waals surface area contributed by atoms with Gasteiger partial charge in [-0.2, -0.15) is 5.26 Å². The van der Waals surface area contributed by atoms with Crippen LogP contribution in [0, 0.1) is 11.3 Å². The molecule has 0 heterocycles. The van der Waals surface area contributed by atoms with Crippen LogP contribution in [0.5, 0.6) is 5.75 Å². The summed E-state index contributed by atoms with van der Waals surface area (Å²) in [6.07, 6.45) is -2.97. The molecule has 1 amide bonds. The summed E-state index contributed by atoms with van der Waals surface area (Å²) in [5.41, 5.74) is 4.89. The van der Waals surface area contributed by atoms with Gasteiger partial charge in [0.2, 0.25) is 0 Å². The average Bonchev–Trinajstić information content (AvgIpc) is 3.16. The number of rotatable bonds is 7. The second kappa shape index (κ2) is 9.74. The molecule has 0 aliphatic heterocycles. The van der Waals surface area contributed by atoms with E-state index in [9.17, 15) is 20.1 Å². The molecule has 3 aromatic rings. The number of benzene rings is 3. The topological polar surface area (TPSA) is 123 Å². The van der Waals surface area contributed by atoms with Gasteiger partial charge in [-0.1, -0.05) is 54.6 Å². The molecule has 0 radical (unpaired) electrons. The third kappa shape index (κ3) is 4.67. The number of hydrogen-bond donors (Lipinski definition) is 4. The summed E-state index contributed by atoms with van der Waals surface area (Å²) >= 11 is 0. The van der Waals surface area contributed by atoms with Crippen LogP contribution in [0.25, 0.3) is 11.1 Å². The van der Waals surface area contributed by atoms with Crippen LogP contribution in [0.15, 0.2) is 66.7 Å².